The number of halogens is 1. The number of ether oxygens (including phenoxy) is 1. The highest BCUT2D eigenvalue weighted by molar-refractivity contribution is 9.10. The molecule has 0 saturated carbocycles. The minimum atomic E-state index is 0.598. The highest BCUT2D eigenvalue weighted by atomic mass is 79.9. The van der Waals surface area contributed by atoms with Gasteiger partial charge in [0.2, 0.25) is 5.88 Å². The highest BCUT2D eigenvalue weighted by Gasteiger charge is 2.01. The van der Waals surface area contributed by atoms with Crippen LogP contribution in [0, 0.1) is 11.3 Å². The van der Waals surface area contributed by atoms with Gasteiger partial charge in [-0.3, -0.25) is 0 Å². The van der Waals surface area contributed by atoms with Crippen LogP contribution >= 0.6 is 15.9 Å². The Labute approximate surface area is 120 Å². The van der Waals surface area contributed by atoms with E-state index in [-0.39, 0.29) is 0 Å². The summed E-state index contributed by atoms with van der Waals surface area (Å²) in [6.45, 7) is 0.664. The largest absolute Gasteiger partial charge is 0.481 e. The van der Waals surface area contributed by atoms with Crippen molar-refractivity contribution in [2.75, 3.05) is 12.4 Å². The van der Waals surface area contributed by atoms with Gasteiger partial charge in [-0.05, 0) is 45.8 Å². The molecule has 0 amide bonds. The van der Waals surface area contributed by atoms with Gasteiger partial charge < -0.3 is 10.1 Å². The number of benzene rings is 1. The molecule has 2 aromatic rings. The lowest BCUT2D eigenvalue weighted by Crippen LogP contribution is -2.00. The van der Waals surface area contributed by atoms with Crippen molar-refractivity contribution < 1.29 is 4.74 Å². The Bertz CT molecular complexity index is 622. The van der Waals surface area contributed by atoms with Gasteiger partial charge in [-0.1, -0.05) is 0 Å². The lowest BCUT2D eigenvalue weighted by Gasteiger charge is -2.08. The van der Waals surface area contributed by atoms with Crippen molar-refractivity contribution >= 4 is 21.6 Å². The van der Waals surface area contributed by atoms with Gasteiger partial charge in [0.15, 0.2) is 0 Å². The molecular formula is C14H12BrN3O. The van der Waals surface area contributed by atoms with Crippen molar-refractivity contribution in [3.05, 3.63) is 52.1 Å². The minimum Gasteiger partial charge on any atom is -0.481 e. The van der Waals surface area contributed by atoms with E-state index in [1.165, 1.54) is 0 Å². The Morgan fingerprint density at radius 1 is 1.37 bits per heavy atom. The van der Waals surface area contributed by atoms with Crippen LogP contribution in [0.4, 0.5) is 5.69 Å². The number of pyridine rings is 1. The van der Waals surface area contributed by atoms with E-state index in [2.05, 4.69) is 32.3 Å². The van der Waals surface area contributed by atoms with Crippen LogP contribution in [0.3, 0.4) is 0 Å². The van der Waals surface area contributed by atoms with Gasteiger partial charge in [0.05, 0.1) is 12.7 Å². The quantitative estimate of drug-likeness (QED) is 0.939. The number of rotatable bonds is 4. The Morgan fingerprint density at radius 3 is 2.89 bits per heavy atom. The number of nitrogens with one attached hydrogen (secondary N) is 1. The monoisotopic (exact) mass is 317 g/mol. The fourth-order valence-electron chi connectivity index (χ4n) is 1.59. The fourth-order valence-corrected chi connectivity index (χ4v) is 2.06. The minimum absolute atomic E-state index is 0.598. The summed E-state index contributed by atoms with van der Waals surface area (Å²) in [6.07, 6.45) is 1.71. The van der Waals surface area contributed by atoms with E-state index >= 15 is 0 Å². The summed E-state index contributed by atoms with van der Waals surface area (Å²) in [7, 11) is 1.59. The zero-order valence-electron chi connectivity index (χ0n) is 10.4. The Morgan fingerprint density at radius 2 is 2.21 bits per heavy atom. The van der Waals surface area contributed by atoms with Crippen LogP contribution in [0.1, 0.15) is 11.1 Å². The number of hydrogen-bond acceptors (Lipinski definition) is 4. The molecule has 0 aliphatic rings. The molecule has 0 aliphatic carbocycles. The van der Waals surface area contributed by atoms with Crippen molar-refractivity contribution in [2.24, 2.45) is 0 Å². The lowest BCUT2D eigenvalue weighted by atomic mass is 10.2. The van der Waals surface area contributed by atoms with Crippen LogP contribution in [0.5, 0.6) is 5.88 Å². The summed E-state index contributed by atoms with van der Waals surface area (Å²) in [5, 5.41) is 12.1. The van der Waals surface area contributed by atoms with Gasteiger partial charge in [-0.2, -0.15) is 5.26 Å². The van der Waals surface area contributed by atoms with E-state index in [1.807, 2.05) is 24.3 Å². The summed E-state index contributed by atoms with van der Waals surface area (Å²) >= 11 is 3.36. The van der Waals surface area contributed by atoms with Crippen molar-refractivity contribution in [3.8, 4) is 11.9 Å². The number of anilines is 1. The number of aromatic nitrogens is 1. The molecule has 2 rings (SSSR count). The second kappa shape index (κ2) is 6.21. The summed E-state index contributed by atoms with van der Waals surface area (Å²) < 4.78 is 5.86. The average Bonchev–Trinajstić information content (AvgIpc) is 2.45. The summed E-state index contributed by atoms with van der Waals surface area (Å²) in [5.41, 5.74) is 2.64. The third-order valence-electron chi connectivity index (χ3n) is 2.59. The summed E-state index contributed by atoms with van der Waals surface area (Å²) in [6, 6.07) is 11.5. The van der Waals surface area contributed by atoms with Gasteiger partial charge in [0, 0.05) is 29.0 Å². The maximum Gasteiger partial charge on any atom is 0.213 e. The number of nitrogens with zero attached hydrogens (tertiary/aromatic N) is 2. The molecule has 1 aromatic heterocycles. The zero-order chi connectivity index (χ0) is 13.7. The molecule has 19 heavy (non-hydrogen) atoms. The maximum absolute atomic E-state index is 8.85. The van der Waals surface area contributed by atoms with Crippen LogP contribution in [0.2, 0.25) is 0 Å². The molecule has 0 aliphatic heterocycles. The van der Waals surface area contributed by atoms with Crippen molar-refractivity contribution in [2.45, 2.75) is 6.54 Å². The Kier molecular flexibility index (Phi) is 4.37. The van der Waals surface area contributed by atoms with E-state index in [0.29, 0.717) is 18.0 Å². The van der Waals surface area contributed by atoms with Crippen molar-refractivity contribution in [1.82, 2.24) is 4.98 Å². The Balaban J connectivity index is 2.06. The van der Waals surface area contributed by atoms with E-state index in [1.54, 1.807) is 19.4 Å². The molecule has 0 bridgehead atoms. The van der Waals surface area contributed by atoms with Gasteiger partial charge in [-0.25, -0.2) is 4.98 Å². The standard InChI is InChI=1S/C14H12BrN3O/c1-19-14-6-10(4-5-17-14)9-18-12-3-2-11(8-16)13(15)7-12/h2-7,18H,9H2,1H3. The summed E-state index contributed by atoms with van der Waals surface area (Å²) in [5.74, 6) is 0.598. The Hall–Kier alpha value is -2.06. The van der Waals surface area contributed by atoms with Crippen LogP contribution in [-0.4, -0.2) is 12.1 Å². The first-order valence-corrected chi connectivity index (χ1v) is 6.44. The van der Waals surface area contributed by atoms with Gasteiger partial charge in [-0.15, -0.1) is 0 Å². The first-order chi connectivity index (χ1) is 9.22. The normalized spacial score (nSPS) is 9.74. The van der Waals surface area contributed by atoms with Gasteiger partial charge >= 0.3 is 0 Å². The molecule has 96 valence electrons. The molecule has 1 heterocycles. The van der Waals surface area contributed by atoms with Crippen LogP contribution in [0.25, 0.3) is 0 Å². The smallest absolute Gasteiger partial charge is 0.213 e. The maximum atomic E-state index is 8.85. The van der Waals surface area contributed by atoms with E-state index in [4.69, 9.17) is 10.00 Å². The lowest BCUT2D eigenvalue weighted by molar-refractivity contribution is 0.397. The third kappa shape index (κ3) is 3.46. The van der Waals surface area contributed by atoms with Crippen LogP contribution in [0.15, 0.2) is 41.0 Å². The first kappa shape index (κ1) is 13.4. The van der Waals surface area contributed by atoms with E-state index in [9.17, 15) is 0 Å². The van der Waals surface area contributed by atoms with E-state index in [0.717, 1.165) is 15.7 Å². The molecule has 1 aromatic carbocycles. The molecule has 4 nitrogen and oxygen atoms in total. The van der Waals surface area contributed by atoms with Crippen LogP contribution in [-0.2, 0) is 6.54 Å². The van der Waals surface area contributed by atoms with Gasteiger partial charge in [0.25, 0.3) is 0 Å². The molecule has 0 fully saturated rings. The van der Waals surface area contributed by atoms with Crippen molar-refractivity contribution in [1.29, 1.82) is 5.26 Å². The molecule has 0 atom stereocenters. The zero-order valence-corrected chi connectivity index (χ0v) is 11.9. The SMILES string of the molecule is COc1cc(CNc2ccc(C#N)c(Br)c2)ccn1. The predicted molar refractivity (Wildman–Crippen MR) is 77.0 cm³/mol. The molecule has 0 spiro atoms. The molecule has 0 saturated heterocycles. The number of nitriles is 1. The topological polar surface area (TPSA) is 57.9 Å². The van der Waals surface area contributed by atoms with E-state index < -0.39 is 0 Å². The van der Waals surface area contributed by atoms with Crippen LogP contribution < -0.4 is 10.1 Å². The molecule has 5 heteroatoms. The van der Waals surface area contributed by atoms with Gasteiger partial charge in [0.1, 0.15) is 6.07 Å². The second-order valence-corrected chi connectivity index (χ2v) is 4.72. The number of methoxy groups -OCH3 is 1. The number of hydrogen-bond donors (Lipinski definition) is 1. The van der Waals surface area contributed by atoms with Crippen molar-refractivity contribution in [3.63, 3.8) is 0 Å². The molecular weight excluding hydrogens is 306 g/mol. The molecule has 0 radical (unpaired) electrons. The first-order valence-electron chi connectivity index (χ1n) is 5.65. The highest BCUT2D eigenvalue weighted by Crippen LogP contribution is 2.21. The predicted octanol–water partition coefficient (Wildman–Crippen LogP) is 3.34. The fraction of sp³-hybridized carbons (Fsp3) is 0.143. The third-order valence-corrected chi connectivity index (χ3v) is 3.25. The molecule has 1 N–H and O–H groups in total. The second-order valence-electron chi connectivity index (χ2n) is 3.87. The average molecular weight is 318 g/mol. The summed E-state index contributed by atoms with van der Waals surface area (Å²) in [4.78, 5) is 4.06. The molecule has 0 unspecified atom stereocenters.